The Balaban J connectivity index is 1.64. The maximum atomic E-state index is 13.4. The number of fused-ring (bicyclic) bond motifs is 1. The quantitative estimate of drug-likeness (QED) is 0.450. The highest BCUT2D eigenvalue weighted by molar-refractivity contribution is 5.93. The number of amides is 3. The molecule has 0 spiro atoms. The first-order chi connectivity index (χ1) is 16.8. The molecule has 0 radical (unpaired) electrons. The summed E-state index contributed by atoms with van der Waals surface area (Å²) in [4.78, 5) is 73.6. The van der Waals surface area contributed by atoms with Gasteiger partial charge in [0.15, 0.2) is 0 Å². The van der Waals surface area contributed by atoms with Crippen LogP contribution >= 0.6 is 0 Å². The maximum absolute atomic E-state index is 13.4. The largest absolute Gasteiger partial charge is 0.481 e. The first kappa shape index (κ1) is 26.1. The van der Waals surface area contributed by atoms with E-state index in [4.69, 9.17) is 5.11 Å². The average molecular weight is 486 g/mol. The van der Waals surface area contributed by atoms with Crippen molar-refractivity contribution >= 4 is 35.8 Å². The molecule has 2 aliphatic rings. The summed E-state index contributed by atoms with van der Waals surface area (Å²) in [5.74, 6) is -2.95. The van der Waals surface area contributed by atoms with E-state index in [1.54, 1.807) is 0 Å². The van der Waals surface area contributed by atoms with Crippen LogP contribution in [0.15, 0.2) is 30.3 Å². The number of carbonyl (C=O) groups excluding carboxylic acids is 5. The van der Waals surface area contributed by atoms with Crippen LogP contribution in [-0.2, 0) is 35.2 Å². The minimum absolute atomic E-state index is 0.0727. The van der Waals surface area contributed by atoms with E-state index in [0.717, 1.165) is 5.56 Å². The van der Waals surface area contributed by atoms with E-state index in [0.29, 0.717) is 57.8 Å². The Morgan fingerprint density at radius 2 is 1.89 bits per heavy atom. The first-order valence-electron chi connectivity index (χ1n) is 12.0. The summed E-state index contributed by atoms with van der Waals surface area (Å²) in [6.45, 7) is 0.308. The second-order valence-electron chi connectivity index (χ2n) is 9.04. The number of aliphatic carboxylic acids is 1. The van der Waals surface area contributed by atoms with Gasteiger partial charge in [0.05, 0.1) is 12.5 Å². The summed E-state index contributed by atoms with van der Waals surface area (Å²) in [5.41, 5.74) is 0.933. The highest BCUT2D eigenvalue weighted by Gasteiger charge is 2.44. The summed E-state index contributed by atoms with van der Waals surface area (Å²) in [7, 11) is 0. The van der Waals surface area contributed by atoms with Gasteiger partial charge in [-0.2, -0.15) is 0 Å². The Kier molecular flexibility index (Phi) is 9.11. The van der Waals surface area contributed by atoms with Crippen molar-refractivity contribution in [1.82, 2.24) is 15.3 Å². The molecule has 3 atom stereocenters. The fourth-order valence-corrected chi connectivity index (χ4v) is 4.66. The van der Waals surface area contributed by atoms with Crippen molar-refractivity contribution in [3.63, 3.8) is 0 Å². The molecule has 0 aliphatic carbocycles. The lowest BCUT2D eigenvalue weighted by molar-refractivity contribution is -0.177. The van der Waals surface area contributed by atoms with Crippen LogP contribution in [0.25, 0.3) is 0 Å². The van der Waals surface area contributed by atoms with Gasteiger partial charge in [0, 0.05) is 31.7 Å². The van der Waals surface area contributed by atoms with Crippen molar-refractivity contribution < 1.29 is 33.9 Å². The molecule has 188 valence electrons. The highest BCUT2D eigenvalue weighted by atomic mass is 16.4. The molecule has 2 heterocycles. The predicted octanol–water partition coefficient (Wildman–Crippen LogP) is 1.27. The number of Topliss-reactive ketones (excluding diaryl/α,β-unsaturated/α-hetero) is 1. The van der Waals surface area contributed by atoms with Gasteiger partial charge in [0.25, 0.3) is 0 Å². The molecule has 2 fully saturated rings. The molecule has 1 aromatic rings. The summed E-state index contributed by atoms with van der Waals surface area (Å²) < 4.78 is 0. The van der Waals surface area contributed by atoms with Crippen LogP contribution in [0.5, 0.6) is 0 Å². The molecule has 10 heteroatoms. The van der Waals surface area contributed by atoms with E-state index < -0.39 is 36.3 Å². The second-order valence-corrected chi connectivity index (χ2v) is 9.04. The maximum Gasteiger partial charge on any atom is 0.305 e. The Morgan fingerprint density at radius 1 is 1.14 bits per heavy atom. The molecule has 1 aromatic carbocycles. The SMILES string of the molecule is O=C[C@H](CC(=O)O)NC(=O)[C@@H]1CCCN2C(=O)CCC(CCCC(=O)Cc3ccccc3)C(=O)N12. The molecule has 3 amide bonds. The average Bonchev–Trinajstić information content (AvgIpc) is 2.95. The third-order valence-electron chi connectivity index (χ3n) is 6.41. The van der Waals surface area contributed by atoms with Crippen LogP contribution in [0.4, 0.5) is 0 Å². The lowest BCUT2D eigenvalue weighted by atomic mass is 9.93. The fourth-order valence-electron chi connectivity index (χ4n) is 4.66. The molecule has 35 heavy (non-hydrogen) atoms. The van der Waals surface area contributed by atoms with Gasteiger partial charge in [-0.25, -0.2) is 5.01 Å². The normalized spacial score (nSPS) is 21.0. The zero-order valence-corrected chi connectivity index (χ0v) is 19.6. The minimum atomic E-state index is -1.24. The number of nitrogens with one attached hydrogen (secondary N) is 1. The van der Waals surface area contributed by atoms with Crippen molar-refractivity contribution in [2.24, 2.45) is 5.92 Å². The zero-order valence-electron chi connectivity index (χ0n) is 19.6. The third kappa shape index (κ3) is 6.97. The minimum Gasteiger partial charge on any atom is -0.481 e. The molecular formula is C25H31N3O7. The lowest BCUT2D eigenvalue weighted by Crippen LogP contribution is -2.62. The van der Waals surface area contributed by atoms with Gasteiger partial charge < -0.3 is 15.2 Å². The molecule has 1 unspecified atom stereocenters. The summed E-state index contributed by atoms with van der Waals surface area (Å²) in [6.07, 6.45) is 2.62. The van der Waals surface area contributed by atoms with Crippen LogP contribution in [0, 0.1) is 5.92 Å². The number of carboxylic acid groups (broad SMARTS) is 1. The molecule has 3 rings (SSSR count). The summed E-state index contributed by atoms with van der Waals surface area (Å²) >= 11 is 0. The van der Waals surface area contributed by atoms with E-state index in [9.17, 15) is 28.8 Å². The standard InChI is InChI=1S/C25H31N3O7/c29-16-19(15-23(32)33)26-24(34)21-10-5-13-27-22(31)12-11-18(25(35)28(21)27)8-4-9-20(30)14-17-6-2-1-3-7-17/h1-3,6-7,16,18-19,21H,4-5,8-15H2,(H,26,34)(H,32,33)/t18?,19-,21-/m0/s1. The molecule has 0 aromatic heterocycles. The van der Waals surface area contributed by atoms with Crippen LogP contribution in [0.1, 0.15) is 56.9 Å². The van der Waals surface area contributed by atoms with Crippen molar-refractivity contribution in [3.05, 3.63) is 35.9 Å². The van der Waals surface area contributed by atoms with E-state index in [-0.39, 0.29) is 24.0 Å². The van der Waals surface area contributed by atoms with Crippen LogP contribution in [0.3, 0.4) is 0 Å². The molecule has 2 N–H and O–H groups in total. The fraction of sp³-hybridized carbons (Fsp3) is 0.520. The Hall–Kier alpha value is -3.56. The smallest absolute Gasteiger partial charge is 0.305 e. The Morgan fingerprint density at radius 3 is 2.57 bits per heavy atom. The number of carbonyl (C=O) groups is 6. The van der Waals surface area contributed by atoms with Gasteiger partial charge in [-0.3, -0.25) is 29.0 Å². The number of ketones is 1. The molecule has 10 nitrogen and oxygen atoms in total. The number of benzene rings is 1. The Labute approximate surface area is 203 Å². The number of rotatable bonds is 11. The third-order valence-corrected chi connectivity index (χ3v) is 6.41. The summed E-state index contributed by atoms with van der Waals surface area (Å²) in [5, 5.41) is 13.8. The predicted molar refractivity (Wildman–Crippen MR) is 124 cm³/mol. The summed E-state index contributed by atoms with van der Waals surface area (Å²) in [6, 6.07) is 7.19. The number of carboxylic acids is 1. The molecule has 2 aliphatic heterocycles. The van der Waals surface area contributed by atoms with E-state index in [1.807, 2.05) is 30.3 Å². The van der Waals surface area contributed by atoms with Crippen LogP contribution in [0.2, 0.25) is 0 Å². The van der Waals surface area contributed by atoms with Crippen molar-refractivity contribution in [3.8, 4) is 0 Å². The number of hydrazine groups is 1. The van der Waals surface area contributed by atoms with Gasteiger partial charge in [-0.05, 0) is 37.7 Å². The van der Waals surface area contributed by atoms with Crippen LogP contribution in [-0.4, -0.2) is 69.5 Å². The Bertz CT molecular complexity index is 965. The molecule has 0 bridgehead atoms. The first-order valence-corrected chi connectivity index (χ1v) is 12.0. The van der Waals surface area contributed by atoms with Crippen molar-refractivity contribution in [2.75, 3.05) is 6.54 Å². The van der Waals surface area contributed by atoms with Crippen molar-refractivity contribution in [1.29, 1.82) is 0 Å². The number of hydrogen-bond acceptors (Lipinski definition) is 6. The molecule has 2 saturated heterocycles. The zero-order chi connectivity index (χ0) is 25.4. The lowest BCUT2D eigenvalue weighted by Gasteiger charge is -2.43. The van der Waals surface area contributed by atoms with E-state index >= 15 is 0 Å². The van der Waals surface area contributed by atoms with Gasteiger partial charge >= 0.3 is 5.97 Å². The van der Waals surface area contributed by atoms with Gasteiger partial charge in [-0.15, -0.1) is 0 Å². The van der Waals surface area contributed by atoms with Gasteiger partial charge in [0.2, 0.25) is 17.7 Å². The van der Waals surface area contributed by atoms with Gasteiger partial charge in [0.1, 0.15) is 18.1 Å². The number of aldehydes is 1. The monoisotopic (exact) mass is 485 g/mol. The number of nitrogens with zero attached hydrogens (tertiary/aromatic N) is 2. The molecular weight excluding hydrogens is 454 g/mol. The second kappa shape index (κ2) is 12.2. The molecule has 0 saturated carbocycles. The van der Waals surface area contributed by atoms with E-state index in [2.05, 4.69) is 5.32 Å². The van der Waals surface area contributed by atoms with Gasteiger partial charge in [-0.1, -0.05) is 30.3 Å². The highest BCUT2D eigenvalue weighted by Crippen LogP contribution is 2.30. The number of hydrogen-bond donors (Lipinski definition) is 2. The van der Waals surface area contributed by atoms with Crippen molar-refractivity contribution in [2.45, 2.75) is 69.9 Å². The van der Waals surface area contributed by atoms with Crippen LogP contribution < -0.4 is 5.32 Å². The van der Waals surface area contributed by atoms with E-state index in [1.165, 1.54) is 10.0 Å². The topological polar surface area (TPSA) is 141 Å².